The molecule has 30 heavy (non-hydrogen) atoms. The monoisotopic (exact) mass is 431 g/mol. The van der Waals surface area contributed by atoms with Crippen LogP contribution in [0.25, 0.3) is 0 Å². The van der Waals surface area contributed by atoms with Crippen molar-refractivity contribution in [2.75, 3.05) is 33.2 Å². The van der Waals surface area contributed by atoms with Gasteiger partial charge in [-0.3, -0.25) is 14.9 Å². The summed E-state index contributed by atoms with van der Waals surface area (Å²) in [6.45, 7) is 2.58. The predicted molar refractivity (Wildman–Crippen MR) is 119 cm³/mol. The number of nitrogens with one attached hydrogen (secondary N) is 3. The van der Waals surface area contributed by atoms with Gasteiger partial charge in [-0.25, -0.2) is 0 Å². The topological polar surface area (TPSA) is 97.9 Å². The van der Waals surface area contributed by atoms with Crippen LogP contribution >= 0.6 is 12.2 Å². The van der Waals surface area contributed by atoms with Crippen LogP contribution in [0.3, 0.4) is 0 Å². The summed E-state index contributed by atoms with van der Waals surface area (Å²) >= 11 is 5.23. The standard InChI is InChI=1S/C21H25N3O5S/c1-5-9-22-19(25)13-7-6-8-15(10-13)23-21(30)24-20(26)14-11-16(27-2)18(29-4)17(12-14)28-3/h6-8,10-12H,5,9H2,1-4H3,(H,22,25)(H2,23,24,26,30). The van der Waals surface area contributed by atoms with E-state index in [1.165, 1.54) is 33.5 Å². The van der Waals surface area contributed by atoms with Crippen molar-refractivity contribution < 1.29 is 23.8 Å². The molecule has 2 aromatic carbocycles. The molecule has 0 aliphatic rings. The second-order valence-corrected chi connectivity index (χ2v) is 6.57. The van der Waals surface area contributed by atoms with E-state index in [2.05, 4.69) is 16.0 Å². The molecule has 0 aromatic heterocycles. The number of ether oxygens (including phenoxy) is 3. The van der Waals surface area contributed by atoms with Gasteiger partial charge in [-0.15, -0.1) is 0 Å². The summed E-state index contributed by atoms with van der Waals surface area (Å²) in [4.78, 5) is 24.7. The van der Waals surface area contributed by atoms with Crippen LogP contribution in [0.4, 0.5) is 5.69 Å². The average Bonchev–Trinajstić information content (AvgIpc) is 2.76. The van der Waals surface area contributed by atoms with Crippen LogP contribution in [0.2, 0.25) is 0 Å². The Labute approximate surface area is 180 Å². The number of thiocarbonyl (C=S) groups is 1. The van der Waals surface area contributed by atoms with E-state index in [1.807, 2.05) is 6.92 Å². The lowest BCUT2D eigenvalue weighted by atomic mass is 10.1. The number of amides is 2. The Hall–Kier alpha value is -3.33. The number of hydrogen-bond donors (Lipinski definition) is 3. The summed E-state index contributed by atoms with van der Waals surface area (Å²) in [7, 11) is 4.42. The van der Waals surface area contributed by atoms with Gasteiger partial charge in [0.15, 0.2) is 16.6 Å². The largest absolute Gasteiger partial charge is 0.493 e. The van der Waals surface area contributed by atoms with Gasteiger partial charge in [-0.2, -0.15) is 0 Å². The zero-order chi connectivity index (χ0) is 22.1. The summed E-state index contributed by atoms with van der Waals surface area (Å²) in [5, 5.41) is 8.40. The third-order valence-corrected chi connectivity index (χ3v) is 4.28. The van der Waals surface area contributed by atoms with E-state index >= 15 is 0 Å². The fraction of sp³-hybridized carbons (Fsp3) is 0.286. The van der Waals surface area contributed by atoms with E-state index in [4.69, 9.17) is 26.4 Å². The van der Waals surface area contributed by atoms with Crippen molar-refractivity contribution in [2.45, 2.75) is 13.3 Å². The molecule has 2 amide bonds. The maximum absolute atomic E-state index is 12.6. The number of benzene rings is 2. The molecule has 3 N–H and O–H groups in total. The van der Waals surface area contributed by atoms with Gasteiger partial charge in [-0.1, -0.05) is 13.0 Å². The van der Waals surface area contributed by atoms with Gasteiger partial charge < -0.3 is 24.8 Å². The van der Waals surface area contributed by atoms with Crippen molar-refractivity contribution in [3.63, 3.8) is 0 Å². The minimum atomic E-state index is -0.455. The van der Waals surface area contributed by atoms with Crippen LogP contribution in [0.15, 0.2) is 36.4 Å². The van der Waals surface area contributed by atoms with Gasteiger partial charge in [0.25, 0.3) is 11.8 Å². The lowest BCUT2D eigenvalue weighted by Crippen LogP contribution is -2.34. The number of rotatable bonds is 8. The smallest absolute Gasteiger partial charge is 0.257 e. The van der Waals surface area contributed by atoms with E-state index < -0.39 is 5.91 Å². The molecule has 0 radical (unpaired) electrons. The van der Waals surface area contributed by atoms with Crippen LogP contribution in [-0.4, -0.2) is 44.8 Å². The van der Waals surface area contributed by atoms with Crippen molar-refractivity contribution in [1.29, 1.82) is 0 Å². The molecular weight excluding hydrogens is 406 g/mol. The first-order valence-corrected chi connectivity index (χ1v) is 9.64. The van der Waals surface area contributed by atoms with Crippen LogP contribution in [0, 0.1) is 0 Å². The van der Waals surface area contributed by atoms with Crippen molar-refractivity contribution in [3.05, 3.63) is 47.5 Å². The van der Waals surface area contributed by atoms with Gasteiger partial charge in [0.1, 0.15) is 0 Å². The normalized spacial score (nSPS) is 10.0. The molecule has 0 spiro atoms. The number of carbonyl (C=O) groups excluding carboxylic acids is 2. The molecule has 0 fully saturated rings. The Kier molecular flexibility index (Phi) is 8.42. The maximum Gasteiger partial charge on any atom is 0.257 e. The fourth-order valence-electron chi connectivity index (χ4n) is 2.63. The zero-order valence-corrected chi connectivity index (χ0v) is 18.1. The SMILES string of the molecule is CCCNC(=O)c1cccc(NC(=S)NC(=O)c2cc(OC)c(OC)c(OC)c2)c1. The Morgan fingerprint density at radius 1 is 0.933 bits per heavy atom. The van der Waals surface area contributed by atoms with Crippen LogP contribution in [-0.2, 0) is 0 Å². The zero-order valence-electron chi connectivity index (χ0n) is 17.3. The maximum atomic E-state index is 12.6. The first-order chi connectivity index (χ1) is 14.4. The lowest BCUT2D eigenvalue weighted by molar-refractivity contribution is 0.0951. The molecule has 9 heteroatoms. The highest BCUT2D eigenvalue weighted by Gasteiger charge is 2.18. The summed E-state index contributed by atoms with van der Waals surface area (Å²) in [6.07, 6.45) is 0.848. The molecular formula is C21H25N3O5S. The first-order valence-electron chi connectivity index (χ1n) is 9.24. The van der Waals surface area contributed by atoms with E-state index in [1.54, 1.807) is 24.3 Å². The quantitative estimate of drug-likeness (QED) is 0.553. The van der Waals surface area contributed by atoms with Crippen LogP contribution in [0.5, 0.6) is 17.2 Å². The van der Waals surface area contributed by atoms with E-state index in [-0.39, 0.29) is 16.6 Å². The number of hydrogen-bond acceptors (Lipinski definition) is 6. The summed E-state index contributed by atoms with van der Waals surface area (Å²) in [6, 6.07) is 9.88. The van der Waals surface area contributed by atoms with E-state index in [0.717, 1.165) is 6.42 Å². The molecule has 0 unspecified atom stereocenters. The number of carbonyl (C=O) groups is 2. The van der Waals surface area contributed by atoms with Crippen molar-refractivity contribution in [1.82, 2.24) is 10.6 Å². The first kappa shape index (κ1) is 23.0. The third-order valence-electron chi connectivity index (χ3n) is 4.07. The van der Waals surface area contributed by atoms with E-state index in [0.29, 0.717) is 35.0 Å². The Morgan fingerprint density at radius 2 is 1.60 bits per heavy atom. The molecule has 0 bridgehead atoms. The molecule has 2 aromatic rings. The molecule has 160 valence electrons. The predicted octanol–water partition coefficient (Wildman–Crippen LogP) is 2.98. The minimum Gasteiger partial charge on any atom is -0.493 e. The highest BCUT2D eigenvalue weighted by atomic mass is 32.1. The van der Waals surface area contributed by atoms with Gasteiger partial charge in [0, 0.05) is 23.4 Å². The van der Waals surface area contributed by atoms with Crippen LogP contribution < -0.4 is 30.2 Å². The van der Waals surface area contributed by atoms with Crippen molar-refractivity contribution in [2.24, 2.45) is 0 Å². The van der Waals surface area contributed by atoms with E-state index in [9.17, 15) is 9.59 Å². The Morgan fingerprint density at radius 3 is 2.17 bits per heavy atom. The van der Waals surface area contributed by atoms with Crippen LogP contribution in [0.1, 0.15) is 34.1 Å². The molecule has 2 rings (SSSR count). The third kappa shape index (κ3) is 5.84. The van der Waals surface area contributed by atoms with Crippen molar-refractivity contribution in [3.8, 4) is 17.2 Å². The Bertz CT molecular complexity index is 908. The summed E-state index contributed by atoms with van der Waals surface area (Å²) < 4.78 is 15.8. The number of anilines is 1. The van der Waals surface area contributed by atoms with Gasteiger partial charge in [0.05, 0.1) is 21.3 Å². The molecule has 0 aliphatic heterocycles. The molecule has 0 saturated carbocycles. The van der Waals surface area contributed by atoms with Gasteiger partial charge in [-0.05, 0) is 49.0 Å². The van der Waals surface area contributed by atoms with Gasteiger partial charge in [0.2, 0.25) is 5.75 Å². The number of methoxy groups -OCH3 is 3. The molecule has 0 saturated heterocycles. The highest BCUT2D eigenvalue weighted by Crippen LogP contribution is 2.38. The summed E-state index contributed by atoms with van der Waals surface area (Å²) in [5.74, 6) is 0.463. The van der Waals surface area contributed by atoms with Crippen molar-refractivity contribution >= 4 is 34.8 Å². The second kappa shape index (κ2) is 11.0. The minimum absolute atomic E-state index is 0.0832. The summed E-state index contributed by atoms with van der Waals surface area (Å²) in [5.41, 5.74) is 1.35. The highest BCUT2D eigenvalue weighted by molar-refractivity contribution is 7.80. The molecule has 0 heterocycles. The van der Waals surface area contributed by atoms with Gasteiger partial charge >= 0.3 is 0 Å². The second-order valence-electron chi connectivity index (χ2n) is 6.16. The fourth-order valence-corrected chi connectivity index (χ4v) is 2.84. The molecule has 8 nitrogen and oxygen atoms in total. The average molecular weight is 432 g/mol. The molecule has 0 atom stereocenters. The lowest BCUT2D eigenvalue weighted by Gasteiger charge is -2.15. The molecule has 0 aliphatic carbocycles. The Balaban J connectivity index is 2.10.